The van der Waals surface area contributed by atoms with E-state index < -0.39 is 17.5 Å². The molecule has 0 saturated carbocycles. The Morgan fingerprint density at radius 1 is 1.53 bits per heavy atom. The Hall–Kier alpha value is -1.59. The number of ether oxygens (including phenoxy) is 1. The summed E-state index contributed by atoms with van der Waals surface area (Å²) >= 11 is 0. The zero-order valence-electron chi connectivity index (χ0n) is 8.43. The van der Waals surface area contributed by atoms with Crippen molar-refractivity contribution in [2.45, 2.75) is 12.8 Å². The molecule has 0 aromatic carbocycles. The fourth-order valence-corrected chi connectivity index (χ4v) is 1.68. The van der Waals surface area contributed by atoms with E-state index in [9.17, 15) is 14.4 Å². The molecule has 0 unspecified atom stereocenters. The number of carbonyl (C=O) groups excluding carboxylic acids is 2. The predicted molar refractivity (Wildman–Crippen MR) is 49.3 cm³/mol. The molecule has 1 aliphatic heterocycles. The summed E-state index contributed by atoms with van der Waals surface area (Å²) in [6, 6.07) is 0. The first-order chi connectivity index (χ1) is 7.05. The largest absolute Gasteiger partial charge is 0.481 e. The molecule has 0 bridgehead atoms. The molecule has 1 aliphatic rings. The van der Waals surface area contributed by atoms with E-state index in [0.29, 0.717) is 6.29 Å². The molecular weight excluding hydrogens is 202 g/mol. The van der Waals surface area contributed by atoms with Crippen LogP contribution in [0.25, 0.3) is 0 Å². The lowest BCUT2D eigenvalue weighted by Crippen LogP contribution is -2.62. The molecule has 6 heteroatoms. The maximum Gasteiger partial charge on any atom is 0.409 e. The minimum atomic E-state index is -0.968. The molecule has 0 spiro atoms. The minimum Gasteiger partial charge on any atom is -0.481 e. The lowest BCUT2D eigenvalue weighted by atomic mass is 9.76. The number of aliphatic carboxylic acids is 1. The van der Waals surface area contributed by atoms with E-state index in [1.165, 1.54) is 12.0 Å². The van der Waals surface area contributed by atoms with E-state index >= 15 is 0 Å². The third kappa shape index (κ3) is 2.08. The van der Waals surface area contributed by atoms with E-state index in [-0.39, 0.29) is 25.9 Å². The summed E-state index contributed by atoms with van der Waals surface area (Å²) in [5, 5.41) is 8.99. The SMILES string of the molecule is COC(=O)N1CC(CCC=O)(C(=O)O)C1. The van der Waals surface area contributed by atoms with Crippen molar-refractivity contribution in [3.05, 3.63) is 0 Å². The number of amides is 1. The average Bonchev–Trinajstić information content (AvgIpc) is 2.15. The van der Waals surface area contributed by atoms with Gasteiger partial charge in [-0.3, -0.25) is 4.79 Å². The summed E-state index contributed by atoms with van der Waals surface area (Å²) in [7, 11) is 1.24. The number of methoxy groups -OCH3 is 1. The zero-order chi connectivity index (χ0) is 11.5. The molecule has 1 rings (SSSR count). The van der Waals surface area contributed by atoms with Gasteiger partial charge in [0.2, 0.25) is 0 Å². The first-order valence-electron chi connectivity index (χ1n) is 4.55. The van der Waals surface area contributed by atoms with Crippen LogP contribution in [-0.4, -0.2) is 48.6 Å². The molecule has 0 aromatic rings. The summed E-state index contributed by atoms with van der Waals surface area (Å²) < 4.78 is 4.46. The molecule has 0 atom stereocenters. The van der Waals surface area contributed by atoms with E-state index in [1.54, 1.807) is 0 Å². The van der Waals surface area contributed by atoms with Crippen molar-refractivity contribution in [1.29, 1.82) is 0 Å². The highest BCUT2D eigenvalue weighted by molar-refractivity contribution is 5.80. The molecule has 6 nitrogen and oxygen atoms in total. The first-order valence-corrected chi connectivity index (χ1v) is 4.55. The van der Waals surface area contributed by atoms with Gasteiger partial charge in [0.1, 0.15) is 11.7 Å². The van der Waals surface area contributed by atoms with Gasteiger partial charge >= 0.3 is 12.1 Å². The highest BCUT2D eigenvalue weighted by Gasteiger charge is 2.51. The topological polar surface area (TPSA) is 83.9 Å². The second kappa shape index (κ2) is 4.29. The van der Waals surface area contributed by atoms with Crippen LogP contribution in [0.4, 0.5) is 4.79 Å². The number of hydrogen-bond donors (Lipinski definition) is 1. The van der Waals surface area contributed by atoms with Crippen LogP contribution in [0.3, 0.4) is 0 Å². The maximum atomic E-state index is 11.0. The van der Waals surface area contributed by atoms with Crippen molar-refractivity contribution in [3.8, 4) is 0 Å². The summed E-state index contributed by atoms with van der Waals surface area (Å²) in [4.78, 5) is 33.5. The van der Waals surface area contributed by atoms with Gasteiger partial charge in [0, 0.05) is 19.5 Å². The quantitative estimate of drug-likeness (QED) is 0.673. The van der Waals surface area contributed by atoms with Gasteiger partial charge in [-0.25, -0.2) is 4.79 Å². The molecular formula is C9H13NO5. The third-order valence-electron chi connectivity index (χ3n) is 2.61. The summed E-state index contributed by atoms with van der Waals surface area (Å²) in [6.07, 6.45) is 0.615. The fraction of sp³-hybridized carbons (Fsp3) is 0.667. The molecule has 1 fully saturated rings. The van der Waals surface area contributed by atoms with Crippen LogP contribution >= 0.6 is 0 Å². The molecule has 15 heavy (non-hydrogen) atoms. The van der Waals surface area contributed by atoms with Gasteiger partial charge in [-0.05, 0) is 6.42 Å². The smallest absolute Gasteiger partial charge is 0.409 e. The van der Waals surface area contributed by atoms with Crippen LogP contribution in [0.1, 0.15) is 12.8 Å². The Labute approximate surface area is 86.8 Å². The number of aldehydes is 1. The van der Waals surface area contributed by atoms with Crippen molar-refractivity contribution in [3.63, 3.8) is 0 Å². The molecule has 0 radical (unpaired) electrons. The summed E-state index contributed by atoms with van der Waals surface area (Å²) in [5.74, 6) is -0.968. The highest BCUT2D eigenvalue weighted by Crippen LogP contribution is 2.35. The Kier molecular flexibility index (Phi) is 3.28. The second-order valence-electron chi connectivity index (χ2n) is 3.62. The lowest BCUT2D eigenvalue weighted by Gasteiger charge is -2.45. The number of carboxylic acids is 1. The number of likely N-dealkylation sites (tertiary alicyclic amines) is 1. The second-order valence-corrected chi connectivity index (χ2v) is 3.62. The van der Waals surface area contributed by atoms with Crippen LogP contribution < -0.4 is 0 Å². The van der Waals surface area contributed by atoms with Crippen LogP contribution in [0.2, 0.25) is 0 Å². The van der Waals surface area contributed by atoms with Crippen molar-refractivity contribution >= 4 is 18.3 Å². The standard InChI is InChI=1S/C9H13NO5/c1-15-8(14)10-5-9(6-10,7(12)13)3-2-4-11/h4H,2-3,5-6H2,1H3,(H,12,13). The Morgan fingerprint density at radius 2 is 2.13 bits per heavy atom. The molecule has 84 valence electrons. The zero-order valence-corrected chi connectivity index (χ0v) is 8.43. The van der Waals surface area contributed by atoms with Crippen LogP contribution in [0.5, 0.6) is 0 Å². The van der Waals surface area contributed by atoms with Gasteiger partial charge in [0.05, 0.1) is 7.11 Å². The van der Waals surface area contributed by atoms with E-state index in [2.05, 4.69) is 4.74 Å². The van der Waals surface area contributed by atoms with Gasteiger partial charge in [-0.15, -0.1) is 0 Å². The molecule has 1 N–H and O–H groups in total. The lowest BCUT2D eigenvalue weighted by molar-refractivity contribution is -0.159. The number of carbonyl (C=O) groups is 3. The van der Waals surface area contributed by atoms with Gasteiger partial charge in [0.25, 0.3) is 0 Å². The van der Waals surface area contributed by atoms with Crippen molar-refractivity contribution < 1.29 is 24.2 Å². The van der Waals surface area contributed by atoms with E-state index in [4.69, 9.17) is 5.11 Å². The van der Waals surface area contributed by atoms with E-state index in [1.807, 2.05) is 0 Å². The number of nitrogens with zero attached hydrogens (tertiary/aromatic N) is 1. The van der Waals surface area contributed by atoms with Gasteiger partial charge in [0.15, 0.2) is 0 Å². The monoisotopic (exact) mass is 215 g/mol. The van der Waals surface area contributed by atoms with Gasteiger partial charge < -0.3 is 19.5 Å². The van der Waals surface area contributed by atoms with Crippen LogP contribution in [-0.2, 0) is 14.3 Å². The minimum absolute atomic E-state index is 0.114. The maximum absolute atomic E-state index is 11.0. The fourth-order valence-electron chi connectivity index (χ4n) is 1.68. The third-order valence-corrected chi connectivity index (χ3v) is 2.61. The highest BCUT2D eigenvalue weighted by atomic mass is 16.5. The van der Waals surface area contributed by atoms with Gasteiger partial charge in [-0.1, -0.05) is 0 Å². The number of carboxylic acid groups (broad SMARTS) is 1. The number of rotatable bonds is 4. The normalized spacial score (nSPS) is 17.8. The summed E-state index contributed by atoms with van der Waals surface area (Å²) in [6.45, 7) is 0.228. The van der Waals surface area contributed by atoms with Crippen molar-refractivity contribution in [1.82, 2.24) is 4.90 Å². The van der Waals surface area contributed by atoms with Crippen molar-refractivity contribution in [2.24, 2.45) is 5.41 Å². The Bertz CT molecular complexity index is 282. The molecule has 1 heterocycles. The van der Waals surface area contributed by atoms with E-state index in [0.717, 1.165) is 0 Å². The molecule has 1 saturated heterocycles. The van der Waals surface area contributed by atoms with Crippen LogP contribution in [0, 0.1) is 5.41 Å². The van der Waals surface area contributed by atoms with Crippen LogP contribution in [0.15, 0.2) is 0 Å². The van der Waals surface area contributed by atoms with Crippen molar-refractivity contribution in [2.75, 3.05) is 20.2 Å². The Balaban J connectivity index is 2.56. The number of hydrogen-bond acceptors (Lipinski definition) is 4. The molecule has 1 amide bonds. The van der Waals surface area contributed by atoms with Gasteiger partial charge in [-0.2, -0.15) is 0 Å². The molecule has 0 aliphatic carbocycles. The average molecular weight is 215 g/mol. The first kappa shape index (κ1) is 11.5. The predicted octanol–water partition coefficient (Wildman–Crippen LogP) is 0.118. The Morgan fingerprint density at radius 3 is 2.53 bits per heavy atom. The molecule has 0 aromatic heterocycles. The summed E-state index contributed by atoms with van der Waals surface area (Å²) in [5.41, 5.74) is -0.963.